The summed E-state index contributed by atoms with van der Waals surface area (Å²) in [5.41, 5.74) is 2.52. The van der Waals surface area contributed by atoms with Crippen LogP contribution >= 0.6 is 0 Å². The Kier molecular flexibility index (Phi) is 4.77. The lowest BCUT2D eigenvalue weighted by Gasteiger charge is -2.34. The molecule has 0 fully saturated rings. The Bertz CT molecular complexity index is 542. The number of aryl methyl sites for hydroxylation is 1. The first kappa shape index (κ1) is 14.6. The SMILES string of the molecule is COCC(CO)(Nc1cccc(C)c1)c1ccccc1. The van der Waals surface area contributed by atoms with E-state index in [2.05, 4.69) is 11.4 Å². The first-order valence-electron chi connectivity index (χ1n) is 6.70. The van der Waals surface area contributed by atoms with Crippen LogP contribution in [0.4, 0.5) is 5.69 Å². The van der Waals surface area contributed by atoms with E-state index in [1.807, 2.05) is 55.5 Å². The van der Waals surface area contributed by atoms with Crippen molar-refractivity contribution in [2.24, 2.45) is 0 Å². The van der Waals surface area contributed by atoms with Crippen LogP contribution in [0.3, 0.4) is 0 Å². The number of anilines is 1. The monoisotopic (exact) mass is 271 g/mol. The highest BCUT2D eigenvalue weighted by molar-refractivity contribution is 5.50. The second-order valence-electron chi connectivity index (χ2n) is 5.03. The number of hydrogen-bond donors (Lipinski definition) is 2. The van der Waals surface area contributed by atoms with Gasteiger partial charge >= 0.3 is 0 Å². The Morgan fingerprint density at radius 1 is 1.10 bits per heavy atom. The number of aliphatic hydroxyl groups is 1. The molecule has 2 aromatic carbocycles. The minimum absolute atomic E-state index is 0.0429. The smallest absolute Gasteiger partial charge is 0.109 e. The molecule has 3 heteroatoms. The van der Waals surface area contributed by atoms with Gasteiger partial charge in [0.2, 0.25) is 0 Å². The second-order valence-corrected chi connectivity index (χ2v) is 5.03. The van der Waals surface area contributed by atoms with Crippen molar-refractivity contribution in [2.75, 3.05) is 25.6 Å². The molecule has 2 N–H and O–H groups in total. The van der Waals surface area contributed by atoms with Crippen LogP contribution in [0.15, 0.2) is 54.6 Å². The molecule has 0 aliphatic heterocycles. The number of aliphatic hydroxyl groups excluding tert-OH is 1. The van der Waals surface area contributed by atoms with E-state index < -0.39 is 5.54 Å². The number of methoxy groups -OCH3 is 1. The van der Waals surface area contributed by atoms with E-state index in [4.69, 9.17) is 4.74 Å². The van der Waals surface area contributed by atoms with Crippen molar-refractivity contribution in [3.63, 3.8) is 0 Å². The first-order chi connectivity index (χ1) is 9.70. The van der Waals surface area contributed by atoms with Crippen molar-refractivity contribution in [2.45, 2.75) is 12.5 Å². The van der Waals surface area contributed by atoms with E-state index in [-0.39, 0.29) is 6.61 Å². The highest BCUT2D eigenvalue weighted by atomic mass is 16.5. The normalized spacial score (nSPS) is 13.8. The maximum Gasteiger partial charge on any atom is 0.109 e. The van der Waals surface area contributed by atoms with E-state index in [9.17, 15) is 5.11 Å². The van der Waals surface area contributed by atoms with Crippen LogP contribution in [0, 0.1) is 6.92 Å². The van der Waals surface area contributed by atoms with Crippen molar-refractivity contribution in [1.82, 2.24) is 0 Å². The average Bonchev–Trinajstić information content (AvgIpc) is 2.48. The molecular weight excluding hydrogens is 250 g/mol. The summed E-state index contributed by atoms with van der Waals surface area (Å²) in [6.07, 6.45) is 0. The summed E-state index contributed by atoms with van der Waals surface area (Å²) >= 11 is 0. The van der Waals surface area contributed by atoms with Crippen molar-refractivity contribution >= 4 is 5.69 Å². The van der Waals surface area contributed by atoms with Crippen molar-refractivity contribution in [1.29, 1.82) is 0 Å². The average molecular weight is 271 g/mol. The molecule has 0 aliphatic rings. The fraction of sp³-hybridized carbons (Fsp3) is 0.294. The number of rotatable bonds is 6. The van der Waals surface area contributed by atoms with Gasteiger partial charge in [-0.2, -0.15) is 0 Å². The molecule has 0 bridgehead atoms. The summed E-state index contributed by atoms with van der Waals surface area (Å²) in [5.74, 6) is 0. The molecule has 0 aliphatic carbocycles. The zero-order chi connectivity index (χ0) is 14.4. The van der Waals surface area contributed by atoms with E-state index in [1.54, 1.807) is 7.11 Å². The topological polar surface area (TPSA) is 41.5 Å². The largest absolute Gasteiger partial charge is 0.393 e. The van der Waals surface area contributed by atoms with E-state index in [0.717, 1.165) is 11.3 Å². The minimum atomic E-state index is -0.635. The lowest BCUT2D eigenvalue weighted by molar-refractivity contribution is 0.0978. The number of nitrogens with one attached hydrogen (secondary N) is 1. The summed E-state index contributed by atoms with van der Waals surface area (Å²) in [6.45, 7) is 2.39. The molecule has 106 valence electrons. The summed E-state index contributed by atoms with van der Waals surface area (Å²) in [4.78, 5) is 0. The molecule has 0 spiro atoms. The summed E-state index contributed by atoms with van der Waals surface area (Å²) in [7, 11) is 1.64. The molecule has 1 atom stereocenters. The van der Waals surface area contributed by atoms with Gasteiger partial charge in [-0.3, -0.25) is 0 Å². The predicted molar refractivity (Wildman–Crippen MR) is 81.9 cm³/mol. The van der Waals surface area contributed by atoms with Crippen molar-refractivity contribution < 1.29 is 9.84 Å². The Morgan fingerprint density at radius 2 is 1.85 bits per heavy atom. The highest BCUT2D eigenvalue weighted by Crippen LogP contribution is 2.27. The van der Waals surface area contributed by atoms with Gasteiger partial charge in [0.15, 0.2) is 0 Å². The summed E-state index contributed by atoms with van der Waals surface area (Å²) in [6, 6.07) is 18.0. The Hall–Kier alpha value is -1.84. The molecule has 0 radical (unpaired) electrons. The van der Waals surface area contributed by atoms with E-state index in [0.29, 0.717) is 6.61 Å². The minimum Gasteiger partial charge on any atom is -0.393 e. The summed E-state index contributed by atoms with van der Waals surface area (Å²) < 4.78 is 5.33. The number of hydrogen-bond acceptors (Lipinski definition) is 3. The van der Waals surface area contributed by atoms with Crippen molar-refractivity contribution in [3.05, 3.63) is 65.7 Å². The maximum absolute atomic E-state index is 9.95. The lowest BCUT2D eigenvalue weighted by atomic mass is 9.91. The number of ether oxygens (including phenoxy) is 1. The van der Waals surface area contributed by atoms with Crippen LogP contribution in [0.2, 0.25) is 0 Å². The first-order valence-corrected chi connectivity index (χ1v) is 6.70. The van der Waals surface area contributed by atoms with Crippen LogP contribution < -0.4 is 5.32 Å². The zero-order valence-corrected chi connectivity index (χ0v) is 12.0. The molecule has 0 heterocycles. The van der Waals surface area contributed by atoms with Gasteiger partial charge < -0.3 is 15.2 Å². The van der Waals surface area contributed by atoms with Gasteiger partial charge in [-0.1, -0.05) is 42.5 Å². The van der Waals surface area contributed by atoms with Gasteiger partial charge in [0.05, 0.1) is 13.2 Å². The molecule has 2 rings (SSSR count). The van der Waals surface area contributed by atoms with Crippen LogP contribution in [0.25, 0.3) is 0 Å². The van der Waals surface area contributed by atoms with Gasteiger partial charge in [0.25, 0.3) is 0 Å². The van der Waals surface area contributed by atoms with Crippen molar-refractivity contribution in [3.8, 4) is 0 Å². The fourth-order valence-corrected chi connectivity index (χ4v) is 2.37. The van der Waals surface area contributed by atoms with Gasteiger partial charge in [-0.15, -0.1) is 0 Å². The maximum atomic E-state index is 9.95. The molecule has 0 saturated heterocycles. The van der Waals surface area contributed by atoms with Gasteiger partial charge in [-0.25, -0.2) is 0 Å². The Morgan fingerprint density at radius 3 is 2.45 bits per heavy atom. The molecule has 1 unspecified atom stereocenters. The summed E-state index contributed by atoms with van der Waals surface area (Å²) in [5, 5.41) is 13.4. The van der Waals surface area contributed by atoms with Crippen LogP contribution in [0.5, 0.6) is 0 Å². The second kappa shape index (κ2) is 6.55. The molecule has 2 aromatic rings. The zero-order valence-electron chi connectivity index (χ0n) is 12.0. The van der Waals surface area contributed by atoms with E-state index in [1.165, 1.54) is 5.56 Å². The van der Waals surface area contributed by atoms with Gasteiger partial charge in [0, 0.05) is 12.8 Å². The third kappa shape index (κ3) is 3.18. The fourth-order valence-electron chi connectivity index (χ4n) is 2.37. The molecule has 0 amide bonds. The molecular formula is C17H21NO2. The molecule has 3 nitrogen and oxygen atoms in total. The standard InChI is InChI=1S/C17H21NO2/c1-14-7-6-10-16(11-14)18-17(12-19,13-20-2)15-8-4-3-5-9-15/h3-11,18-19H,12-13H2,1-2H3. The predicted octanol–water partition coefficient (Wildman–Crippen LogP) is 2.94. The molecule has 20 heavy (non-hydrogen) atoms. The third-order valence-electron chi connectivity index (χ3n) is 3.39. The van der Waals surface area contributed by atoms with Crippen LogP contribution in [0.1, 0.15) is 11.1 Å². The quantitative estimate of drug-likeness (QED) is 0.848. The van der Waals surface area contributed by atoms with E-state index >= 15 is 0 Å². The molecule has 0 saturated carbocycles. The Balaban J connectivity index is 2.37. The van der Waals surface area contributed by atoms with Crippen LogP contribution in [-0.4, -0.2) is 25.4 Å². The van der Waals surface area contributed by atoms with Gasteiger partial charge in [0.1, 0.15) is 5.54 Å². The lowest BCUT2D eigenvalue weighted by Crippen LogP contribution is -2.43. The molecule has 0 aromatic heterocycles. The number of benzene rings is 2. The third-order valence-corrected chi connectivity index (χ3v) is 3.39. The van der Waals surface area contributed by atoms with Gasteiger partial charge in [-0.05, 0) is 30.2 Å². The Labute approximate surface area is 120 Å². The highest BCUT2D eigenvalue weighted by Gasteiger charge is 2.31. The van der Waals surface area contributed by atoms with Crippen LogP contribution in [-0.2, 0) is 10.3 Å².